The Morgan fingerprint density at radius 2 is 2.07 bits per heavy atom. The van der Waals surface area contributed by atoms with Gasteiger partial charge in [0, 0.05) is 23.7 Å². The zero-order valence-electron chi connectivity index (χ0n) is 9.05. The van der Waals surface area contributed by atoms with Crippen LogP contribution in [-0.4, -0.2) is 11.1 Å². The van der Waals surface area contributed by atoms with Crippen LogP contribution < -0.4 is 4.80 Å². The Balaban J connectivity index is 2.52. The molecule has 0 spiro atoms. The highest BCUT2D eigenvalue weighted by Crippen LogP contribution is 2.23. The van der Waals surface area contributed by atoms with E-state index in [4.69, 9.17) is 0 Å². The van der Waals surface area contributed by atoms with Crippen LogP contribution in [0.2, 0.25) is 0 Å². The number of hydrogen-bond donors (Lipinski definition) is 0. The summed E-state index contributed by atoms with van der Waals surface area (Å²) in [6.07, 6.45) is 5.26. The average Bonchev–Trinajstić information content (AvgIpc) is 2.55. The number of aryl methyl sites for hydroxylation is 1. The van der Waals surface area contributed by atoms with Gasteiger partial charge in [0.15, 0.2) is 4.80 Å². The first-order valence-electron chi connectivity index (χ1n) is 5.58. The van der Waals surface area contributed by atoms with E-state index in [2.05, 4.69) is 23.4 Å². The molecule has 0 amide bonds. The topological polar surface area (TPSA) is 17.3 Å². The highest BCUT2D eigenvalue weighted by atomic mass is 32.1. The Labute approximate surface area is 89.3 Å². The monoisotopic (exact) mass is 210 g/mol. The van der Waals surface area contributed by atoms with Gasteiger partial charge in [0.25, 0.3) is 0 Å². The van der Waals surface area contributed by atoms with E-state index < -0.39 is 0 Å². The molecule has 0 unspecified atom stereocenters. The third kappa shape index (κ3) is 1.65. The van der Waals surface area contributed by atoms with E-state index in [9.17, 15) is 0 Å². The smallest absolute Gasteiger partial charge is 0.185 e. The largest absolute Gasteiger partial charge is 0.321 e. The van der Waals surface area contributed by atoms with Crippen molar-refractivity contribution in [2.75, 3.05) is 6.54 Å². The lowest BCUT2D eigenvalue weighted by Gasteiger charge is -2.12. The van der Waals surface area contributed by atoms with E-state index in [1.165, 1.54) is 30.5 Å². The fraction of sp³-hybridized carbons (Fsp3) is 0.727. The fourth-order valence-electron chi connectivity index (χ4n) is 2.12. The predicted octanol–water partition coefficient (Wildman–Crippen LogP) is 2.37. The standard InChI is InChI=1S/C11H18N2S/c1-3-12-11-13(4-2)9-7-5-6-8-10(9)14-11/h3-8H2,1-2H3. The van der Waals surface area contributed by atoms with Gasteiger partial charge < -0.3 is 4.57 Å². The quantitative estimate of drug-likeness (QED) is 0.713. The second-order valence-corrected chi connectivity index (χ2v) is 4.74. The van der Waals surface area contributed by atoms with Crippen molar-refractivity contribution in [2.24, 2.45) is 4.99 Å². The van der Waals surface area contributed by atoms with E-state index in [0.717, 1.165) is 13.1 Å². The third-order valence-corrected chi connectivity index (χ3v) is 3.99. The number of hydrogen-bond acceptors (Lipinski definition) is 2. The van der Waals surface area contributed by atoms with Crippen molar-refractivity contribution in [1.29, 1.82) is 0 Å². The van der Waals surface area contributed by atoms with Gasteiger partial charge in [-0.2, -0.15) is 0 Å². The Morgan fingerprint density at radius 1 is 1.29 bits per heavy atom. The lowest BCUT2D eigenvalue weighted by molar-refractivity contribution is 0.609. The molecule has 1 aromatic rings. The minimum Gasteiger partial charge on any atom is -0.321 e. The summed E-state index contributed by atoms with van der Waals surface area (Å²) in [6, 6.07) is 0. The van der Waals surface area contributed by atoms with E-state index in [1.54, 1.807) is 10.6 Å². The molecule has 2 nitrogen and oxygen atoms in total. The highest BCUT2D eigenvalue weighted by Gasteiger charge is 2.15. The molecule has 0 saturated carbocycles. The molecule has 0 fully saturated rings. The minimum atomic E-state index is 0.902. The molecule has 78 valence electrons. The summed E-state index contributed by atoms with van der Waals surface area (Å²) in [6.45, 7) is 6.30. The summed E-state index contributed by atoms with van der Waals surface area (Å²) in [7, 11) is 0. The van der Waals surface area contributed by atoms with E-state index >= 15 is 0 Å². The molecule has 0 aromatic carbocycles. The first-order chi connectivity index (χ1) is 6.86. The number of thiazole rings is 1. The van der Waals surface area contributed by atoms with Crippen LogP contribution in [0.15, 0.2) is 4.99 Å². The number of aromatic nitrogens is 1. The van der Waals surface area contributed by atoms with Crippen molar-refractivity contribution < 1.29 is 0 Å². The van der Waals surface area contributed by atoms with E-state index in [0.29, 0.717) is 0 Å². The first kappa shape index (κ1) is 9.97. The van der Waals surface area contributed by atoms with Gasteiger partial charge in [-0.15, -0.1) is 11.3 Å². The lowest BCUT2D eigenvalue weighted by atomic mass is 10.0. The van der Waals surface area contributed by atoms with Crippen LogP contribution in [0, 0.1) is 0 Å². The van der Waals surface area contributed by atoms with Crippen molar-refractivity contribution in [3.8, 4) is 0 Å². The Kier molecular flexibility index (Phi) is 3.06. The van der Waals surface area contributed by atoms with Crippen LogP contribution >= 0.6 is 11.3 Å². The van der Waals surface area contributed by atoms with Crippen molar-refractivity contribution in [2.45, 2.75) is 46.1 Å². The van der Waals surface area contributed by atoms with Crippen LogP contribution in [-0.2, 0) is 19.4 Å². The minimum absolute atomic E-state index is 0.902. The normalized spacial score (nSPS) is 17.1. The molecule has 0 atom stereocenters. The maximum absolute atomic E-state index is 4.56. The van der Waals surface area contributed by atoms with E-state index in [1.807, 2.05) is 11.3 Å². The van der Waals surface area contributed by atoms with Gasteiger partial charge in [0.2, 0.25) is 0 Å². The van der Waals surface area contributed by atoms with Gasteiger partial charge in [0.1, 0.15) is 0 Å². The van der Waals surface area contributed by atoms with Crippen LogP contribution in [0.1, 0.15) is 37.3 Å². The molecule has 0 bridgehead atoms. The predicted molar refractivity (Wildman–Crippen MR) is 60.7 cm³/mol. The number of nitrogens with zero attached hydrogens (tertiary/aromatic N) is 2. The Morgan fingerprint density at radius 3 is 2.79 bits per heavy atom. The third-order valence-electron chi connectivity index (χ3n) is 2.77. The summed E-state index contributed by atoms with van der Waals surface area (Å²) in [4.78, 5) is 7.39. The van der Waals surface area contributed by atoms with Crippen molar-refractivity contribution in [3.05, 3.63) is 15.4 Å². The van der Waals surface area contributed by atoms with Crippen LogP contribution in [0.25, 0.3) is 0 Å². The summed E-state index contributed by atoms with van der Waals surface area (Å²) >= 11 is 1.91. The molecule has 1 heterocycles. The summed E-state index contributed by atoms with van der Waals surface area (Å²) in [5, 5.41) is 0. The fourth-order valence-corrected chi connectivity index (χ4v) is 3.46. The average molecular weight is 210 g/mol. The summed E-state index contributed by atoms with van der Waals surface area (Å²) in [5.41, 5.74) is 1.57. The first-order valence-corrected chi connectivity index (χ1v) is 6.40. The molecule has 1 aliphatic rings. The molecule has 1 aliphatic carbocycles. The molecule has 2 rings (SSSR count). The molecule has 0 radical (unpaired) electrons. The molecule has 0 aliphatic heterocycles. The van der Waals surface area contributed by atoms with Crippen LogP contribution in [0.4, 0.5) is 0 Å². The van der Waals surface area contributed by atoms with Crippen molar-refractivity contribution in [3.63, 3.8) is 0 Å². The van der Waals surface area contributed by atoms with Crippen molar-refractivity contribution >= 4 is 11.3 Å². The zero-order chi connectivity index (χ0) is 9.97. The zero-order valence-corrected chi connectivity index (χ0v) is 9.86. The SMILES string of the molecule is CCN=c1sc2c(n1CC)CCCC2. The Hall–Kier alpha value is -0.570. The van der Waals surface area contributed by atoms with Gasteiger partial charge in [0.05, 0.1) is 0 Å². The van der Waals surface area contributed by atoms with Crippen molar-refractivity contribution in [1.82, 2.24) is 4.57 Å². The van der Waals surface area contributed by atoms with Gasteiger partial charge in [-0.3, -0.25) is 4.99 Å². The van der Waals surface area contributed by atoms with Gasteiger partial charge in [-0.1, -0.05) is 0 Å². The maximum atomic E-state index is 4.56. The van der Waals surface area contributed by atoms with Gasteiger partial charge in [-0.05, 0) is 39.5 Å². The van der Waals surface area contributed by atoms with Gasteiger partial charge >= 0.3 is 0 Å². The second-order valence-electron chi connectivity index (χ2n) is 3.68. The number of fused-ring (bicyclic) bond motifs is 1. The molecule has 3 heteroatoms. The molecule has 14 heavy (non-hydrogen) atoms. The molecular formula is C11H18N2S. The highest BCUT2D eigenvalue weighted by molar-refractivity contribution is 7.09. The molecule has 1 aromatic heterocycles. The molecule has 0 saturated heterocycles. The van der Waals surface area contributed by atoms with Gasteiger partial charge in [-0.25, -0.2) is 0 Å². The number of rotatable bonds is 2. The molecule has 0 N–H and O–H groups in total. The maximum Gasteiger partial charge on any atom is 0.185 e. The second kappa shape index (κ2) is 4.30. The lowest BCUT2D eigenvalue weighted by Crippen LogP contribution is -2.17. The summed E-state index contributed by atoms with van der Waals surface area (Å²) in [5.74, 6) is 0. The summed E-state index contributed by atoms with van der Waals surface area (Å²) < 4.78 is 2.41. The van der Waals surface area contributed by atoms with Crippen LogP contribution in [0.3, 0.4) is 0 Å². The van der Waals surface area contributed by atoms with E-state index in [-0.39, 0.29) is 0 Å². The van der Waals surface area contributed by atoms with Crippen LogP contribution in [0.5, 0.6) is 0 Å². The Bertz CT molecular complexity index is 373. The molecular weight excluding hydrogens is 192 g/mol.